The molecule has 0 spiro atoms. The summed E-state index contributed by atoms with van der Waals surface area (Å²) in [6, 6.07) is 0. The number of likely N-dealkylation sites (tertiary alicyclic amines) is 1. The Morgan fingerprint density at radius 1 is 1.36 bits per heavy atom. The van der Waals surface area contributed by atoms with E-state index in [0.717, 1.165) is 25.2 Å². The molecule has 0 aromatic heterocycles. The lowest BCUT2D eigenvalue weighted by molar-refractivity contribution is 0.371. The van der Waals surface area contributed by atoms with Gasteiger partial charge in [-0.15, -0.1) is 0 Å². The van der Waals surface area contributed by atoms with Crippen molar-refractivity contribution in [3.8, 4) is 0 Å². The molecule has 2 N–H and O–H groups in total. The Bertz CT molecular complexity index is 262. The Hall–Kier alpha value is -0.730. The molecule has 0 radical (unpaired) electrons. The molecule has 3 heteroatoms. The number of nitrogens with zero attached hydrogens (tertiary/aromatic N) is 1. The number of allylic oxidation sites excluding steroid dienone is 1. The lowest BCUT2D eigenvalue weighted by atomic mass is 10.2. The van der Waals surface area contributed by atoms with Crippen molar-refractivity contribution >= 4 is 11.6 Å². The third-order valence-electron chi connectivity index (χ3n) is 2.30. The molecule has 1 saturated heterocycles. The van der Waals surface area contributed by atoms with Gasteiger partial charge in [0, 0.05) is 12.2 Å². The fourth-order valence-corrected chi connectivity index (χ4v) is 1.63. The van der Waals surface area contributed by atoms with E-state index in [1.807, 2.05) is 0 Å². The summed E-state index contributed by atoms with van der Waals surface area (Å²) in [6.07, 6.45) is 4.37. The van der Waals surface area contributed by atoms with Gasteiger partial charge in [0.1, 0.15) is 0 Å². The summed E-state index contributed by atoms with van der Waals surface area (Å²) < 4.78 is 0. The highest BCUT2D eigenvalue weighted by molar-refractivity contribution is 6.31. The summed E-state index contributed by atoms with van der Waals surface area (Å²) in [4.78, 5) is 2.36. The Labute approximate surface area is 90.7 Å². The lowest BCUT2D eigenvalue weighted by Gasteiger charge is -2.14. The van der Waals surface area contributed by atoms with E-state index in [2.05, 4.69) is 18.1 Å². The van der Waals surface area contributed by atoms with Crippen molar-refractivity contribution in [3.05, 3.63) is 35.5 Å². The van der Waals surface area contributed by atoms with Gasteiger partial charge in [0.25, 0.3) is 0 Å². The zero-order valence-corrected chi connectivity index (χ0v) is 9.19. The monoisotopic (exact) mass is 212 g/mol. The topological polar surface area (TPSA) is 29.3 Å². The van der Waals surface area contributed by atoms with Gasteiger partial charge in [-0.2, -0.15) is 0 Å². The van der Waals surface area contributed by atoms with E-state index in [-0.39, 0.29) is 0 Å². The van der Waals surface area contributed by atoms with Crippen molar-refractivity contribution in [2.45, 2.75) is 12.8 Å². The second-order valence-corrected chi connectivity index (χ2v) is 4.10. The quantitative estimate of drug-likeness (QED) is 0.725. The molecular weight excluding hydrogens is 196 g/mol. The second-order valence-electron chi connectivity index (χ2n) is 3.65. The number of rotatable bonds is 4. The minimum Gasteiger partial charge on any atom is -0.398 e. The molecule has 0 aromatic rings. The van der Waals surface area contributed by atoms with Crippen LogP contribution in [-0.2, 0) is 0 Å². The van der Waals surface area contributed by atoms with E-state index in [4.69, 9.17) is 17.3 Å². The highest BCUT2D eigenvalue weighted by Gasteiger charge is 2.11. The van der Waals surface area contributed by atoms with E-state index in [9.17, 15) is 0 Å². The van der Waals surface area contributed by atoms with Gasteiger partial charge in [0.15, 0.2) is 0 Å². The maximum absolute atomic E-state index is 5.65. The fourth-order valence-electron chi connectivity index (χ4n) is 1.57. The van der Waals surface area contributed by atoms with E-state index in [1.165, 1.54) is 12.8 Å². The summed E-state index contributed by atoms with van der Waals surface area (Å²) >= 11 is 5.65. The molecule has 1 aliphatic heterocycles. The predicted octanol–water partition coefficient (Wildman–Crippen LogP) is 2.23. The first-order valence-electron chi connectivity index (χ1n) is 4.81. The molecule has 1 rings (SSSR count). The molecule has 1 fully saturated rings. The van der Waals surface area contributed by atoms with Crippen LogP contribution in [0.3, 0.4) is 0 Å². The third-order valence-corrected chi connectivity index (χ3v) is 2.52. The molecule has 2 nitrogen and oxygen atoms in total. The fraction of sp³-hybridized carbons (Fsp3) is 0.455. The SMILES string of the molecule is C=C(/C=C(/N)C(=C)Cl)CN1CCCC1. The van der Waals surface area contributed by atoms with E-state index in [1.54, 1.807) is 6.08 Å². The van der Waals surface area contributed by atoms with Crippen LogP contribution in [0, 0.1) is 0 Å². The van der Waals surface area contributed by atoms with Crippen LogP contribution < -0.4 is 5.73 Å². The van der Waals surface area contributed by atoms with Crippen LogP contribution in [0.4, 0.5) is 0 Å². The normalized spacial score (nSPS) is 18.5. The van der Waals surface area contributed by atoms with Crippen molar-refractivity contribution in [1.82, 2.24) is 4.90 Å². The molecule has 1 aliphatic rings. The molecule has 0 aliphatic carbocycles. The number of nitrogens with two attached hydrogens (primary N) is 1. The Morgan fingerprint density at radius 3 is 2.43 bits per heavy atom. The Balaban J connectivity index is 2.41. The van der Waals surface area contributed by atoms with Crippen molar-refractivity contribution in [3.63, 3.8) is 0 Å². The third kappa shape index (κ3) is 3.56. The maximum Gasteiger partial charge on any atom is 0.0563 e. The first-order valence-corrected chi connectivity index (χ1v) is 5.19. The average Bonchev–Trinajstić information content (AvgIpc) is 2.56. The smallest absolute Gasteiger partial charge is 0.0563 e. The molecule has 1 heterocycles. The predicted molar refractivity (Wildman–Crippen MR) is 62.1 cm³/mol. The highest BCUT2D eigenvalue weighted by Crippen LogP contribution is 2.12. The van der Waals surface area contributed by atoms with Crippen molar-refractivity contribution < 1.29 is 0 Å². The molecule has 0 amide bonds. The van der Waals surface area contributed by atoms with E-state index < -0.39 is 0 Å². The van der Waals surface area contributed by atoms with E-state index >= 15 is 0 Å². The van der Waals surface area contributed by atoms with Crippen LogP contribution in [-0.4, -0.2) is 24.5 Å². The number of hydrogen-bond donors (Lipinski definition) is 1. The van der Waals surface area contributed by atoms with Crippen LogP contribution in [0.25, 0.3) is 0 Å². The molecular formula is C11H17ClN2. The summed E-state index contributed by atoms with van der Waals surface area (Å²) in [5, 5.41) is 0.382. The molecule has 0 bridgehead atoms. The minimum atomic E-state index is 0.382. The molecule has 14 heavy (non-hydrogen) atoms. The zero-order valence-electron chi connectivity index (χ0n) is 8.43. The minimum absolute atomic E-state index is 0.382. The van der Waals surface area contributed by atoms with Crippen LogP contribution >= 0.6 is 11.6 Å². The Morgan fingerprint density at radius 2 is 1.93 bits per heavy atom. The maximum atomic E-state index is 5.65. The first kappa shape index (κ1) is 11.3. The molecule has 0 saturated carbocycles. The largest absolute Gasteiger partial charge is 0.398 e. The van der Waals surface area contributed by atoms with Gasteiger partial charge >= 0.3 is 0 Å². The van der Waals surface area contributed by atoms with Gasteiger partial charge in [0.2, 0.25) is 0 Å². The molecule has 78 valence electrons. The van der Waals surface area contributed by atoms with Gasteiger partial charge in [-0.05, 0) is 37.6 Å². The van der Waals surface area contributed by atoms with Gasteiger partial charge in [-0.1, -0.05) is 24.8 Å². The second kappa shape index (κ2) is 5.23. The van der Waals surface area contributed by atoms with Crippen LogP contribution in [0.5, 0.6) is 0 Å². The van der Waals surface area contributed by atoms with Crippen molar-refractivity contribution in [2.24, 2.45) is 5.73 Å². The molecule has 0 atom stereocenters. The van der Waals surface area contributed by atoms with Crippen molar-refractivity contribution in [1.29, 1.82) is 0 Å². The summed E-state index contributed by atoms with van der Waals surface area (Å²) in [5.41, 5.74) is 7.14. The van der Waals surface area contributed by atoms with Gasteiger partial charge in [-0.3, -0.25) is 4.90 Å². The van der Waals surface area contributed by atoms with Gasteiger partial charge in [-0.25, -0.2) is 0 Å². The summed E-state index contributed by atoms with van der Waals surface area (Å²) in [5.74, 6) is 0. The van der Waals surface area contributed by atoms with Gasteiger partial charge < -0.3 is 5.73 Å². The van der Waals surface area contributed by atoms with Crippen LogP contribution in [0.2, 0.25) is 0 Å². The molecule has 0 aromatic carbocycles. The lowest BCUT2D eigenvalue weighted by Crippen LogP contribution is -2.21. The standard InChI is InChI=1S/C11H17ClN2/c1-9(7-11(13)10(2)12)8-14-5-3-4-6-14/h7H,1-6,8,13H2/b11-7+. The zero-order chi connectivity index (χ0) is 10.6. The number of hydrogen-bond acceptors (Lipinski definition) is 2. The highest BCUT2D eigenvalue weighted by atomic mass is 35.5. The average molecular weight is 213 g/mol. The summed E-state index contributed by atoms with van der Waals surface area (Å²) in [6.45, 7) is 10.7. The number of halogens is 1. The molecule has 0 unspecified atom stereocenters. The van der Waals surface area contributed by atoms with Crippen molar-refractivity contribution in [2.75, 3.05) is 19.6 Å². The van der Waals surface area contributed by atoms with Crippen LogP contribution in [0.15, 0.2) is 35.5 Å². The first-order chi connectivity index (χ1) is 6.59. The van der Waals surface area contributed by atoms with Crippen LogP contribution in [0.1, 0.15) is 12.8 Å². The van der Waals surface area contributed by atoms with Gasteiger partial charge in [0.05, 0.1) is 5.03 Å². The Kier molecular flexibility index (Phi) is 4.23. The summed E-state index contributed by atoms with van der Waals surface area (Å²) in [7, 11) is 0. The van der Waals surface area contributed by atoms with E-state index in [0.29, 0.717) is 10.7 Å².